The molecule has 1 aliphatic heterocycles. The van der Waals surface area contributed by atoms with Crippen LogP contribution in [-0.4, -0.2) is 39.0 Å². The number of fused-ring (bicyclic) bond motifs is 1. The quantitative estimate of drug-likeness (QED) is 0.366. The summed E-state index contributed by atoms with van der Waals surface area (Å²) in [5, 5.41) is 10.5. The van der Waals surface area contributed by atoms with Gasteiger partial charge >= 0.3 is 6.03 Å². The lowest BCUT2D eigenvalue weighted by molar-refractivity contribution is 0.222. The first-order valence-corrected chi connectivity index (χ1v) is 10.3. The molecule has 0 unspecified atom stereocenters. The molecule has 0 aliphatic carbocycles. The molecule has 4 aromatic rings. The zero-order valence-electron chi connectivity index (χ0n) is 16.9. The maximum atomic E-state index is 12.4. The predicted molar refractivity (Wildman–Crippen MR) is 123 cm³/mol. The Morgan fingerprint density at radius 2 is 1.65 bits per heavy atom. The first kappa shape index (κ1) is 18.9. The fourth-order valence-corrected chi connectivity index (χ4v) is 3.68. The van der Waals surface area contributed by atoms with E-state index in [0.717, 1.165) is 54.0 Å². The molecule has 2 aromatic carbocycles. The van der Waals surface area contributed by atoms with Crippen molar-refractivity contribution >= 4 is 45.9 Å². The van der Waals surface area contributed by atoms with E-state index >= 15 is 0 Å². The fourth-order valence-electron chi connectivity index (χ4n) is 3.68. The SMILES string of the molecule is O=C(Nc1cccc(Nc2nc(Nc3ccccc3)c3cc[nH]c3n2)c1)N1CCCC1. The van der Waals surface area contributed by atoms with Gasteiger partial charge in [-0.3, -0.25) is 0 Å². The number of nitrogens with zero attached hydrogens (tertiary/aromatic N) is 3. The van der Waals surface area contributed by atoms with Gasteiger partial charge < -0.3 is 25.8 Å². The van der Waals surface area contributed by atoms with E-state index in [4.69, 9.17) is 0 Å². The largest absolute Gasteiger partial charge is 0.346 e. The number of anilines is 5. The minimum Gasteiger partial charge on any atom is -0.346 e. The molecule has 1 aliphatic rings. The molecule has 0 atom stereocenters. The molecule has 0 radical (unpaired) electrons. The lowest BCUT2D eigenvalue weighted by Crippen LogP contribution is -2.32. The zero-order chi connectivity index (χ0) is 21.0. The number of benzene rings is 2. The summed E-state index contributed by atoms with van der Waals surface area (Å²) in [6, 6.07) is 19.3. The minimum absolute atomic E-state index is 0.0620. The van der Waals surface area contributed by atoms with Crippen molar-refractivity contribution in [1.29, 1.82) is 0 Å². The third-order valence-corrected chi connectivity index (χ3v) is 5.22. The molecule has 0 spiro atoms. The third-order valence-electron chi connectivity index (χ3n) is 5.22. The van der Waals surface area contributed by atoms with Crippen molar-refractivity contribution in [3.05, 3.63) is 66.9 Å². The van der Waals surface area contributed by atoms with E-state index in [0.29, 0.717) is 11.8 Å². The van der Waals surface area contributed by atoms with Crippen molar-refractivity contribution in [1.82, 2.24) is 19.9 Å². The van der Waals surface area contributed by atoms with Gasteiger partial charge in [-0.15, -0.1) is 0 Å². The summed E-state index contributed by atoms with van der Waals surface area (Å²) >= 11 is 0. The summed E-state index contributed by atoms with van der Waals surface area (Å²) in [5.74, 6) is 1.16. The molecule has 2 aromatic heterocycles. The lowest BCUT2D eigenvalue weighted by Gasteiger charge is -2.16. The van der Waals surface area contributed by atoms with Gasteiger partial charge in [0.25, 0.3) is 0 Å². The highest BCUT2D eigenvalue weighted by Gasteiger charge is 2.18. The molecule has 4 N–H and O–H groups in total. The number of nitrogens with one attached hydrogen (secondary N) is 4. The normalized spacial score (nSPS) is 13.4. The van der Waals surface area contributed by atoms with E-state index in [1.165, 1.54) is 0 Å². The second-order valence-electron chi connectivity index (χ2n) is 7.46. The molecule has 5 rings (SSSR count). The molecule has 8 heteroatoms. The Morgan fingerprint density at radius 1 is 0.871 bits per heavy atom. The minimum atomic E-state index is -0.0620. The van der Waals surface area contributed by atoms with Crippen LogP contribution in [0.3, 0.4) is 0 Å². The van der Waals surface area contributed by atoms with Crippen molar-refractivity contribution in [3.8, 4) is 0 Å². The van der Waals surface area contributed by atoms with Gasteiger partial charge in [0.15, 0.2) is 0 Å². The number of aromatic nitrogens is 3. The summed E-state index contributed by atoms with van der Waals surface area (Å²) in [7, 11) is 0. The number of rotatable bonds is 5. The number of carbonyl (C=O) groups is 1. The summed E-state index contributed by atoms with van der Waals surface area (Å²) in [6.07, 6.45) is 3.97. The van der Waals surface area contributed by atoms with Crippen LogP contribution in [0.4, 0.5) is 33.6 Å². The number of hydrogen-bond donors (Lipinski definition) is 4. The van der Waals surface area contributed by atoms with Crippen LogP contribution in [0.25, 0.3) is 11.0 Å². The molecule has 8 nitrogen and oxygen atoms in total. The average molecular weight is 413 g/mol. The van der Waals surface area contributed by atoms with Crippen LogP contribution in [0.15, 0.2) is 66.9 Å². The van der Waals surface area contributed by atoms with Gasteiger partial charge in [0.1, 0.15) is 11.5 Å². The Morgan fingerprint density at radius 3 is 2.48 bits per heavy atom. The van der Waals surface area contributed by atoms with E-state index in [9.17, 15) is 4.79 Å². The maximum Gasteiger partial charge on any atom is 0.321 e. The topological polar surface area (TPSA) is 98.0 Å². The Balaban J connectivity index is 1.37. The Kier molecular flexibility index (Phi) is 5.10. The van der Waals surface area contributed by atoms with Gasteiger partial charge in [-0.25, -0.2) is 4.79 Å². The van der Waals surface area contributed by atoms with E-state index in [1.807, 2.05) is 71.8 Å². The summed E-state index contributed by atoms with van der Waals surface area (Å²) < 4.78 is 0. The van der Waals surface area contributed by atoms with E-state index in [2.05, 4.69) is 30.9 Å². The average Bonchev–Trinajstić information content (AvgIpc) is 3.47. The first-order chi connectivity index (χ1) is 15.2. The number of amides is 2. The highest BCUT2D eigenvalue weighted by atomic mass is 16.2. The van der Waals surface area contributed by atoms with Gasteiger partial charge in [-0.1, -0.05) is 24.3 Å². The molecule has 1 fully saturated rings. The summed E-state index contributed by atoms with van der Waals surface area (Å²) in [6.45, 7) is 1.62. The highest BCUT2D eigenvalue weighted by Crippen LogP contribution is 2.26. The van der Waals surface area contributed by atoms with Crippen LogP contribution >= 0.6 is 0 Å². The molecule has 156 valence electrons. The monoisotopic (exact) mass is 413 g/mol. The lowest BCUT2D eigenvalue weighted by atomic mass is 10.2. The van der Waals surface area contributed by atoms with Gasteiger partial charge in [0, 0.05) is 36.3 Å². The number of urea groups is 1. The van der Waals surface area contributed by atoms with Crippen LogP contribution in [0.1, 0.15) is 12.8 Å². The standard InChI is InChI=1S/C23H23N7O/c31-23(30-13-4-5-14-30)27-18-10-6-9-17(15-18)26-22-28-20-19(11-12-24-20)21(29-22)25-16-7-2-1-3-8-16/h1-3,6-12,15H,4-5,13-14H2,(H,27,31)(H3,24,25,26,28,29). The molecule has 0 bridgehead atoms. The molecule has 1 saturated heterocycles. The van der Waals surface area contributed by atoms with E-state index in [-0.39, 0.29) is 6.03 Å². The smallest absolute Gasteiger partial charge is 0.321 e. The van der Waals surface area contributed by atoms with Crippen molar-refractivity contribution in [2.45, 2.75) is 12.8 Å². The van der Waals surface area contributed by atoms with Gasteiger partial charge in [-0.05, 0) is 49.2 Å². The Bertz CT molecular complexity index is 1200. The van der Waals surface area contributed by atoms with Gasteiger partial charge in [0.05, 0.1) is 5.39 Å². The van der Waals surface area contributed by atoms with Crippen molar-refractivity contribution < 1.29 is 4.79 Å². The van der Waals surface area contributed by atoms with Crippen LogP contribution in [0.2, 0.25) is 0 Å². The molecular weight excluding hydrogens is 390 g/mol. The van der Waals surface area contributed by atoms with E-state index < -0.39 is 0 Å². The summed E-state index contributed by atoms with van der Waals surface area (Å²) in [4.78, 5) is 26.6. The molecule has 2 amide bonds. The number of carbonyl (C=O) groups excluding carboxylic acids is 1. The van der Waals surface area contributed by atoms with E-state index in [1.54, 1.807) is 0 Å². The number of likely N-dealkylation sites (tertiary alicyclic amines) is 1. The second kappa shape index (κ2) is 8.35. The van der Waals surface area contributed by atoms with Crippen LogP contribution < -0.4 is 16.0 Å². The third kappa shape index (κ3) is 4.28. The highest BCUT2D eigenvalue weighted by molar-refractivity contribution is 5.91. The molecule has 0 saturated carbocycles. The van der Waals surface area contributed by atoms with Crippen LogP contribution in [0.5, 0.6) is 0 Å². The molecule has 3 heterocycles. The number of hydrogen-bond acceptors (Lipinski definition) is 5. The zero-order valence-corrected chi connectivity index (χ0v) is 16.9. The van der Waals surface area contributed by atoms with Gasteiger partial charge in [-0.2, -0.15) is 9.97 Å². The Hall–Kier alpha value is -4.07. The van der Waals surface area contributed by atoms with Gasteiger partial charge in [0.2, 0.25) is 5.95 Å². The predicted octanol–water partition coefficient (Wildman–Crippen LogP) is 5.07. The van der Waals surface area contributed by atoms with Crippen molar-refractivity contribution in [2.75, 3.05) is 29.0 Å². The van der Waals surface area contributed by atoms with Crippen molar-refractivity contribution in [2.24, 2.45) is 0 Å². The number of H-pyrrole nitrogens is 1. The molecular formula is C23H23N7O. The first-order valence-electron chi connectivity index (χ1n) is 10.3. The fraction of sp³-hybridized carbons (Fsp3) is 0.174. The number of para-hydroxylation sites is 1. The Labute approximate surface area is 179 Å². The van der Waals surface area contributed by atoms with Crippen LogP contribution in [-0.2, 0) is 0 Å². The second-order valence-corrected chi connectivity index (χ2v) is 7.46. The molecule has 31 heavy (non-hydrogen) atoms. The van der Waals surface area contributed by atoms with Crippen molar-refractivity contribution in [3.63, 3.8) is 0 Å². The number of aromatic amines is 1. The van der Waals surface area contributed by atoms with Crippen LogP contribution in [0, 0.1) is 0 Å². The maximum absolute atomic E-state index is 12.4. The summed E-state index contributed by atoms with van der Waals surface area (Å²) in [5.41, 5.74) is 3.19.